The van der Waals surface area contributed by atoms with Crippen LogP contribution in [0.4, 0.5) is 17.1 Å². The Bertz CT molecular complexity index is 3840. The Kier molecular flexibility index (Phi) is 10.2. The first kappa shape index (κ1) is 41.0. The molecule has 0 radical (unpaired) electrons. The molecule has 13 aromatic rings. The summed E-state index contributed by atoms with van der Waals surface area (Å²) in [4.78, 5) is 2.36. The van der Waals surface area contributed by atoms with E-state index in [2.05, 4.69) is 289 Å². The van der Waals surface area contributed by atoms with E-state index in [0.717, 1.165) is 22.7 Å². The molecule has 1 aromatic heterocycles. The van der Waals surface area contributed by atoms with Crippen LogP contribution in [0.1, 0.15) is 0 Å². The Morgan fingerprint density at radius 1 is 0.214 bits per heavy atom. The van der Waals surface area contributed by atoms with E-state index in [1.165, 1.54) is 99.0 Å². The standard InChI is InChI=1S/C68H46N2/c1-5-17-47(18-6-1)50-29-31-51(32-30-50)67-59-25-13-15-27-61(59)68(62-28-16-14-26-60(62)67)52-33-37-56(38-34-52)69(55-23-11-4-12-24-55)57-39-41-58(42-40-57)70-65-43-35-53(48-19-7-2-8-20-48)45-63(65)64-46-54(36-44-66(64)70)49-21-9-3-10-22-49/h1-46H. The zero-order valence-corrected chi connectivity index (χ0v) is 38.5. The number of para-hydroxylation sites is 1. The zero-order chi connectivity index (χ0) is 46.4. The van der Waals surface area contributed by atoms with Crippen LogP contribution in [0.15, 0.2) is 279 Å². The number of fused-ring (bicyclic) bond motifs is 5. The van der Waals surface area contributed by atoms with Gasteiger partial charge in [-0.1, -0.05) is 206 Å². The molecule has 0 spiro atoms. The van der Waals surface area contributed by atoms with Crippen LogP contribution in [0.25, 0.3) is 105 Å². The highest BCUT2D eigenvalue weighted by molar-refractivity contribution is 6.21. The molecule has 0 amide bonds. The Labute approximate surface area is 408 Å². The molecule has 13 rings (SSSR count). The van der Waals surface area contributed by atoms with Crippen molar-refractivity contribution in [3.63, 3.8) is 0 Å². The molecule has 0 N–H and O–H groups in total. The summed E-state index contributed by atoms with van der Waals surface area (Å²) < 4.78 is 2.42. The minimum Gasteiger partial charge on any atom is -0.311 e. The van der Waals surface area contributed by atoms with Gasteiger partial charge in [0.2, 0.25) is 0 Å². The molecule has 2 nitrogen and oxygen atoms in total. The SMILES string of the molecule is c1ccc(-c2ccc(-c3c4ccccc4c(-c4ccc(N(c5ccccc5)c5ccc(-n6c7ccc(-c8ccccc8)cc7c7cc(-c8ccccc8)ccc76)cc5)cc4)c4ccccc34)cc2)cc1. The lowest BCUT2D eigenvalue weighted by Gasteiger charge is -2.26. The molecule has 12 aromatic carbocycles. The molecule has 1 heterocycles. The molecule has 0 aliphatic heterocycles. The van der Waals surface area contributed by atoms with Gasteiger partial charge in [0.1, 0.15) is 0 Å². The number of aromatic nitrogens is 1. The van der Waals surface area contributed by atoms with Crippen molar-refractivity contribution in [2.24, 2.45) is 0 Å². The molecule has 0 aliphatic rings. The molecule has 0 fully saturated rings. The molecular formula is C68H46N2. The van der Waals surface area contributed by atoms with Gasteiger partial charge in [-0.3, -0.25) is 0 Å². The van der Waals surface area contributed by atoms with Crippen molar-refractivity contribution < 1.29 is 0 Å². The summed E-state index contributed by atoms with van der Waals surface area (Å²) in [5, 5.41) is 7.44. The van der Waals surface area contributed by atoms with E-state index in [4.69, 9.17) is 0 Å². The van der Waals surface area contributed by atoms with Crippen molar-refractivity contribution in [2.75, 3.05) is 4.90 Å². The van der Waals surface area contributed by atoms with Gasteiger partial charge in [-0.25, -0.2) is 0 Å². The van der Waals surface area contributed by atoms with Crippen molar-refractivity contribution >= 4 is 60.4 Å². The fourth-order valence-electron chi connectivity index (χ4n) is 10.7. The highest BCUT2D eigenvalue weighted by Crippen LogP contribution is 2.45. The number of anilines is 3. The summed E-state index contributed by atoms with van der Waals surface area (Å²) in [5.41, 5.74) is 18.9. The van der Waals surface area contributed by atoms with Gasteiger partial charge in [-0.15, -0.1) is 0 Å². The Morgan fingerprint density at radius 2 is 0.514 bits per heavy atom. The average Bonchev–Trinajstić information content (AvgIpc) is 3.77. The van der Waals surface area contributed by atoms with Gasteiger partial charge in [-0.2, -0.15) is 0 Å². The molecule has 0 aliphatic carbocycles. The van der Waals surface area contributed by atoms with E-state index in [9.17, 15) is 0 Å². The van der Waals surface area contributed by atoms with Crippen LogP contribution in [0, 0.1) is 0 Å². The second-order valence-corrected chi connectivity index (χ2v) is 18.1. The van der Waals surface area contributed by atoms with E-state index in [1.54, 1.807) is 0 Å². The van der Waals surface area contributed by atoms with Gasteiger partial charge in [0, 0.05) is 33.5 Å². The van der Waals surface area contributed by atoms with Crippen molar-refractivity contribution in [1.29, 1.82) is 0 Å². The lowest BCUT2D eigenvalue weighted by Crippen LogP contribution is -2.10. The van der Waals surface area contributed by atoms with Gasteiger partial charge >= 0.3 is 0 Å². The number of rotatable bonds is 9. The summed E-state index contributed by atoms with van der Waals surface area (Å²) in [5.74, 6) is 0. The average molecular weight is 891 g/mol. The fourth-order valence-corrected chi connectivity index (χ4v) is 10.7. The normalized spacial score (nSPS) is 11.4. The Hall–Kier alpha value is -9.24. The topological polar surface area (TPSA) is 8.17 Å². The minimum atomic E-state index is 1.08. The van der Waals surface area contributed by atoms with Crippen molar-refractivity contribution in [3.8, 4) is 61.3 Å². The van der Waals surface area contributed by atoms with E-state index in [-0.39, 0.29) is 0 Å². The second kappa shape index (κ2) is 17.4. The third-order valence-electron chi connectivity index (χ3n) is 14.0. The third-order valence-corrected chi connectivity index (χ3v) is 14.0. The summed E-state index contributed by atoms with van der Waals surface area (Å²) in [6, 6.07) is 102. The van der Waals surface area contributed by atoms with Crippen LogP contribution in [-0.4, -0.2) is 4.57 Å². The predicted molar refractivity (Wildman–Crippen MR) is 298 cm³/mol. The maximum Gasteiger partial charge on any atom is 0.0541 e. The molecule has 2 heteroatoms. The van der Waals surface area contributed by atoms with Gasteiger partial charge < -0.3 is 9.47 Å². The van der Waals surface area contributed by atoms with Crippen LogP contribution < -0.4 is 4.90 Å². The summed E-state index contributed by atoms with van der Waals surface area (Å²) in [7, 11) is 0. The van der Waals surface area contributed by atoms with Crippen molar-refractivity contribution in [3.05, 3.63) is 279 Å². The van der Waals surface area contributed by atoms with Gasteiger partial charge in [0.15, 0.2) is 0 Å². The van der Waals surface area contributed by atoms with Gasteiger partial charge in [0.05, 0.1) is 11.0 Å². The largest absolute Gasteiger partial charge is 0.311 e. The first-order chi connectivity index (χ1) is 34.7. The lowest BCUT2D eigenvalue weighted by atomic mass is 9.85. The fraction of sp³-hybridized carbons (Fsp3) is 0. The van der Waals surface area contributed by atoms with Crippen LogP contribution in [-0.2, 0) is 0 Å². The minimum absolute atomic E-state index is 1.08. The number of nitrogens with zero attached hydrogens (tertiary/aromatic N) is 2. The van der Waals surface area contributed by atoms with Gasteiger partial charge in [-0.05, 0) is 150 Å². The van der Waals surface area contributed by atoms with Crippen LogP contribution >= 0.6 is 0 Å². The maximum atomic E-state index is 2.42. The van der Waals surface area contributed by atoms with Gasteiger partial charge in [0.25, 0.3) is 0 Å². The molecule has 0 saturated carbocycles. The monoisotopic (exact) mass is 890 g/mol. The third kappa shape index (κ3) is 7.22. The van der Waals surface area contributed by atoms with Crippen LogP contribution in [0.3, 0.4) is 0 Å². The zero-order valence-electron chi connectivity index (χ0n) is 38.5. The summed E-state index contributed by atoms with van der Waals surface area (Å²) in [6.45, 7) is 0. The quantitative estimate of drug-likeness (QED) is 0.131. The van der Waals surface area contributed by atoms with E-state index in [1.807, 2.05) is 0 Å². The molecule has 0 bridgehead atoms. The van der Waals surface area contributed by atoms with Crippen molar-refractivity contribution in [1.82, 2.24) is 4.57 Å². The first-order valence-electron chi connectivity index (χ1n) is 24.1. The number of hydrogen-bond acceptors (Lipinski definition) is 1. The first-order valence-corrected chi connectivity index (χ1v) is 24.1. The molecule has 0 saturated heterocycles. The second-order valence-electron chi connectivity index (χ2n) is 18.1. The van der Waals surface area contributed by atoms with E-state index < -0.39 is 0 Å². The number of hydrogen-bond donors (Lipinski definition) is 0. The molecular weight excluding hydrogens is 845 g/mol. The molecule has 0 atom stereocenters. The summed E-state index contributed by atoms with van der Waals surface area (Å²) >= 11 is 0. The van der Waals surface area contributed by atoms with Crippen LogP contribution in [0.5, 0.6) is 0 Å². The Morgan fingerprint density at radius 3 is 0.943 bits per heavy atom. The highest BCUT2D eigenvalue weighted by Gasteiger charge is 2.20. The Balaban J connectivity index is 0.896. The molecule has 70 heavy (non-hydrogen) atoms. The van der Waals surface area contributed by atoms with E-state index in [0.29, 0.717) is 0 Å². The van der Waals surface area contributed by atoms with E-state index >= 15 is 0 Å². The predicted octanol–water partition coefficient (Wildman–Crippen LogP) is 18.9. The smallest absolute Gasteiger partial charge is 0.0541 e. The van der Waals surface area contributed by atoms with Crippen LogP contribution in [0.2, 0.25) is 0 Å². The maximum absolute atomic E-state index is 2.42. The molecule has 328 valence electrons. The molecule has 0 unspecified atom stereocenters. The highest BCUT2D eigenvalue weighted by atomic mass is 15.1. The number of benzene rings is 12. The summed E-state index contributed by atoms with van der Waals surface area (Å²) in [6.07, 6.45) is 0. The lowest BCUT2D eigenvalue weighted by molar-refractivity contribution is 1.17. The van der Waals surface area contributed by atoms with Crippen molar-refractivity contribution in [2.45, 2.75) is 0 Å².